The molecule has 0 fully saturated rings. The first-order valence-corrected chi connectivity index (χ1v) is 4.34. The molecule has 11 heavy (non-hydrogen) atoms. The maximum Gasteiger partial charge on any atom is 0.0798 e. The summed E-state index contributed by atoms with van der Waals surface area (Å²) in [6, 6.07) is 0. The molecule has 0 saturated heterocycles. The molecular weight excluding hydrogens is 154 g/mol. The van der Waals surface area contributed by atoms with E-state index in [9.17, 15) is 0 Å². The molecule has 0 radical (unpaired) electrons. The molecule has 1 heterocycles. The summed E-state index contributed by atoms with van der Waals surface area (Å²) in [5.74, 6) is 2.75. The number of hydrogen-bond acceptors (Lipinski definition) is 2. The van der Waals surface area contributed by atoms with E-state index >= 15 is 0 Å². The first kappa shape index (κ1) is 8.29. The van der Waals surface area contributed by atoms with Crippen molar-refractivity contribution in [2.24, 2.45) is 0 Å². The molecule has 0 N–H and O–H groups in total. The van der Waals surface area contributed by atoms with Crippen LogP contribution in [0.5, 0.6) is 0 Å². The second-order valence-electron chi connectivity index (χ2n) is 3.04. The molecule has 0 aromatic carbocycles. The number of nitrogens with zero attached hydrogens (tertiary/aromatic N) is 1. The normalized spacial score (nSPS) is 11.1. The molecule has 0 spiro atoms. The van der Waals surface area contributed by atoms with Crippen molar-refractivity contribution in [3.63, 3.8) is 0 Å². The van der Waals surface area contributed by atoms with Crippen LogP contribution in [0.4, 0.5) is 0 Å². The maximum absolute atomic E-state index is 5.40. The fourth-order valence-corrected chi connectivity index (χ4v) is 1.86. The van der Waals surface area contributed by atoms with Gasteiger partial charge in [0.2, 0.25) is 0 Å². The third kappa shape index (κ3) is 1.44. The minimum atomic E-state index is -0.161. The van der Waals surface area contributed by atoms with Crippen LogP contribution in [0.3, 0.4) is 0 Å². The van der Waals surface area contributed by atoms with Gasteiger partial charge in [0.1, 0.15) is 0 Å². The summed E-state index contributed by atoms with van der Waals surface area (Å²) in [5, 5.41) is 0. The molecule has 0 aliphatic carbocycles. The highest BCUT2D eigenvalue weighted by Gasteiger charge is 2.21. The van der Waals surface area contributed by atoms with Crippen molar-refractivity contribution in [3.8, 4) is 12.3 Å². The van der Waals surface area contributed by atoms with Crippen LogP contribution in [0, 0.1) is 19.3 Å². The molecular formula is C9H11NS. The molecule has 58 valence electrons. The van der Waals surface area contributed by atoms with E-state index in [4.69, 9.17) is 6.42 Å². The van der Waals surface area contributed by atoms with E-state index in [0.29, 0.717) is 0 Å². The van der Waals surface area contributed by atoms with Crippen LogP contribution >= 0.6 is 11.3 Å². The first-order valence-electron chi connectivity index (χ1n) is 3.46. The lowest BCUT2D eigenvalue weighted by atomic mass is 9.92. The number of thiazole rings is 1. The van der Waals surface area contributed by atoms with E-state index in [1.165, 1.54) is 4.88 Å². The van der Waals surface area contributed by atoms with Crippen LogP contribution in [0.2, 0.25) is 0 Å². The van der Waals surface area contributed by atoms with E-state index in [1.807, 2.05) is 26.3 Å². The van der Waals surface area contributed by atoms with Crippen LogP contribution in [0.1, 0.15) is 24.4 Å². The average Bonchev–Trinajstić information content (AvgIpc) is 2.36. The molecule has 1 rings (SSSR count). The Morgan fingerprint density at radius 2 is 2.27 bits per heavy atom. The SMILES string of the molecule is C#CC(C)(C)c1scnc1C. The van der Waals surface area contributed by atoms with Crippen LogP contribution in [0.25, 0.3) is 0 Å². The van der Waals surface area contributed by atoms with Gasteiger partial charge in [0.25, 0.3) is 0 Å². The van der Waals surface area contributed by atoms with Crippen molar-refractivity contribution in [3.05, 3.63) is 16.1 Å². The van der Waals surface area contributed by atoms with Crippen LogP contribution < -0.4 is 0 Å². The summed E-state index contributed by atoms with van der Waals surface area (Å²) in [6.45, 7) is 6.06. The Kier molecular flexibility index (Phi) is 2.01. The average molecular weight is 165 g/mol. The highest BCUT2D eigenvalue weighted by atomic mass is 32.1. The van der Waals surface area contributed by atoms with E-state index in [0.717, 1.165) is 5.69 Å². The Morgan fingerprint density at radius 1 is 1.64 bits per heavy atom. The quantitative estimate of drug-likeness (QED) is 0.582. The number of terminal acetylenes is 1. The van der Waals surface area contributed by atoms with Gasteiger partial charge in [0.15, 0.2) is 0 Å². The Balaban J connectivity index is 3.13. The van der Waals surface area contributed by atoms with Gasteiger partial charge >= 0.3 is 0 Å². The predicted molar refractivity (Wildman–Crippen MR) is 48.7 cm³/mol. The molecule has 1 nitrogen and oxygen atoms in total. The Hall–Kier alpha value is -0.810. The van der Waals surface area contributed by atoms with E-state index in [-0.39, 0.29) is 5.41 Å². The molecule has 0 aliphatic heterocycles. The summed E-state index contributed by atoms with van der Waals surface area (Å²) < 4.78 is 0. The van der Waals surface area contributed by atoms with E-state index < -0.39 is 0 Å². The van der Waals surface area contributed by atoms with Crippen LogP contribution in [-0.2, 0) is 5.41 Å². The third-order valence-electron chi connectivity index (χ3n) is 1.67. The van der Waals surface area contributed by atoms with Gasteiger partial charge in [-0.3, -0.25) is 0 Å². The van der Waals surface area contributed by atoms with Gasteiger partial charge in [-0.15, -0.1) is 17.8 Å². The lowest BCUT2D eigenvalue weighted by Gasteiger charge is -2.15. The third-order valence-corrected chi connectivity index (χ3v) is 2.93. The van der Waals surface area contributed by atoms with Crippen molar-refractivity contribution < 1.29 is 0 Å². The molecule has 0 aliphatic rings. The summed E-state index contributed by atoms with van der Waals surface area (Å²) in [6.07, 6.45) is 5.40. The minimum absolute atomic E-state index is 0.161. The first-order chi connectivity index (χ1) is 5.08. The van der Waals surface area contributed by atoms with Gasteiger partial charge in [0.05, 0.1) is 16.6 Å². The summed E-state index contributed by atoms with van der Waals surface area (Å²) in [7, 11) is 0. The minimum Gasteiger partial charge on any atom is -0.250 e. The zero-order valence-corrected chi connectivity index (χ0v) is 7.83. The molecule has 0 saturated carbocycles. The maximum atomic E-state index is 5.40. The number of aromatic nitrogens is 1. The molecule has 1 aromatic rings. The fourth-order valence-electron chi connectivity index (χ4n) is 0.967. The molecule has 0 atom stereocenters. The van der Waals surface area contributed by atoms with Gasteiger partial charge in [0, 0.05) is 4.88 Å². The van der Waals surface area contributed by atoms with Crippen molar-refractivity contribution in [2.75, 3.05) is 0 Å². The monoisotopic (exact) mass is 165 g/mol. The van der Waals surface area contributed by atoms with Crippen molar-refractivity contribution in [1.82, 2.24) is 4.98 Å². The Bertz CT molecular complexity index is 291. The van der Waals surface area contributed by atoms with Gasteiger partial charge in [-0.1, -0.05) is 5.92 Å². The second-order valence-corrected chi connectivity index (χ2v) is 3.89. The molecule has 0 unspecified atom stereocenters. The number of hydrogen-bond donors (Lipinski definition) is 0. The summed E-state index contributed by atoms with van der Waals surface area (Å²) in [4.78, 5) is 5.35. The predicted octanol–water partition coefficient (Wildman–Crippen LogP) is 2.36. The van der Waals surface area contributed by atoms with Crippen molar-refractivity contribution in [2.45, 2.75) is 26.2 Å². The number of aryl methyl sites for hydroxylation is 1. The van der Waals surface area contributed by atoms with Gasteiger partial charge in [-0.2, -0.15) is 0 Å². The second kappa shape index (κ2) is 2.67. The van der Waals surface area contributed by atoms with E-state index in [2.05, 4.69) is 10.9 Å². The Labute approximate surface area is 71.5 Å². The molecule has 1 aromatic heterocycles. The highest BCUT2D eigenvalue weighted by Crippen LogP contribution is 2.28. The zero-order valence-electron chi connectivity index (χ0n) is 7.01. The van der Waals surface area contributed by atoms with Gasteiger partial charge in [-0.25, -0.2) is 4.98 Å². The van der Waals surface area contributed by atoms with E-state index in [1.54, 1.807) is 11.3 Å². The van der Waals surface area contributed by atoms with Gasteiger partial charge in [-0.05, 0) is 20.8 Å². The molecule has 0 amide bonds. The van der Waals surface area contributed by atoms with Gasteiger partial charge < -0.3 is 0 Å². The molecule has 0 bridgehead atoms. The fraction of sp³-hybridized carbons (Fsp3) is 0.444. The lowest BCUT2D eigenvalue weighted by Crippen LogP contribution is -2.13. The van der Waals surface area contributed by atoms with Crippen molar-refractivity contribution in [1.29, 1.82) is 0 Å². The summed E-state index contributed by atoms with van der Waals surface area (Å²) in [5.41, 5.74) is 2.73. The zero-order chi connectivity index (χ0) is 8.48. The topological polar surface area (TPSA) is 12.9 Å². The largest absolute Gasteiger partial charge is 0.250 e. The highest BCUT2D eigenvalue weighted by molar-refractivity contribution is 7.10. The standard InChI is InChI=1S/C9H11NS/c1-5-9(3,4)8-7(2)10-6-11-8/h1,6H,2-4H3. The summed E-state index contributed by atoms with van der Waals surface area (Å²) >= 11 is 1.63. The van der Waals surface area contributed by atoms with Crippen LogP contribution in [-0.4, -0.2) is 4.98 Å². The lowest BCUT2D eigenvalue weighted by molar-refractivity contribution is 0.707. The number of rotatable bonds is 1. The Morgan fingerprint density at radius 3 is 2.64 bits per heavy atom. The van der Waals surface area contributed by atoms with Crippen molar-refractivity contribution >= 4 is 11.3 Å². The smallest absolute Gasteiger partial charge is 0.0798 e. The molecule has 2 heteroatoms. The van der Waals surface area contributed by atoms with Crippen LogP contribution in [0.15, 0.2) is 5.51 Å².